The number of rotatable bonds is 75. The van der Waals surface area contributed by atoms with Crippen molar-refractivity contribution in [2.75, 3.05) is 39.6 Å². The van der Waals surface area contributed by atoms with E-state index in [2.05, 4.69) is 83.2 Å². The van der Waals surface area contributed by atoms with Crippen LogP contribution in [0.3, 0.4) is 0 Å². The van der Waals surface area contributed by atoms with E-state index in [0.29, 0.717) is 31.6 Å². The molecule has 0 rings (SSSR count). The summed E-state index contributed by atoms with van der Waals surface area (Å²) in [7, 11) is -9.94. The van der Waals surface area contributed by atoms with Gasteiger partial charge in [-0.2, -0.15) is 0 Å². The zero-order valence-corrected chi connectivity index (χ0v) is 64.7. The Kier molecular flexibility index (Phi) is 68.9. The van der Waals surface area contributed by atoms with Gasteiger partial charge in [0.2, 0.25) is 0 Å². The Bertz CT molecular complexity index is 2060. The topological polar surface area (TPSA) is 237 Å². The van der Waals surface area contributed by atoms with Gasteiger partial charge in [-0.15, -0.1) is 0 Å². The van der Waals surface area contributed by atoms with Gasteiger partial charge in [0.05, 0.1) is 26.4 Å². The van der Waals surface area contributed by atoms with Crippen LogP contribution in [0.5, 0.6) is 0 Å². The molecule has 0 aliphatic carbocycles. The number of aliphatic hydroxyl groups is 1. The highest BCUT2D eigenvalue weighted by Gasteiger charge is 2.30. The number of hydrogen-bond donors (Lipinski definition) is 3. The lowest BCUT2D eigenvalue weighted by Gasteiger charge is -2.21. The lowest BCUT2D eigenvalue weighted by Crippen LogP contribution is -2.30. The maximum Gasteiger partial charge on any atom is 0.472 e. The molecule has 0 aromatic heterocycles. The Morgan fingerprint density at radius 1 is 0.316 bits per heavy atom. The highest BCUT2D eigenvalue weighted by atomic mass is 31.2. The Morgan fingerprint density at radius 3 is 0.837 bits per heavy atom. The van der Waals surface area contributed by atoms with E-state index < -0.39 is 97.5 Å². The quantitative estimate of drug-likeness (QED) is 0.0169. The molecule has 19 heteroatoms. The van der Waals surface area contributed by atoms with Crippen molar-refractivity contribution < 1.29 is 80.2 Å². The molecule has 2 unspecified atom stereocenters. The predicted molar refractivity (Wildman–Crippen MR) is 400 cm³/mol. The molecule has 0 heterocycles. The van der Waals surface area contributed by atoms with Crippen LogP contribution in [0.25, 0.3) is 0 Å². The molecule has 3 N–H and O–H groups in total. The van der Waals surface area contributed by atoms with Crippen molar-refractivity contribution in [3.63, 3.8) is 0 Å². The fraction of sp³-hybridized carbons (Fsp3) is 0.848. The number of esters is 4. The summed E-state index contributed by atoms with van der Waals surface area (Å²) in [5, 5.41) is 10.6. The molecular weight excluding hydrogens is 1280 g/mol. The van der Waals surface area contributed by atoms with Gasteiger partial charge in [-0.1, -0.05) is 314 Å². The molecule has 0 aromatic carbocycles. The molecular formula is C79H146O17P2. The molecule has 0 aromatic rings. The molecule has 0 fully saturated rings. The van der Waals surface area contributed by atoms with E-state index in [1.165, 1.54) is 154 Å². The summed E-state index contributed by atoms with van der Waals surface area (Å²) >= 11 is 0. The number of allylic oxidation sites excluding steroid dienone is 8. The molecule has 0 spiro atoms. The molecule has 0 aliphatic heterocycles. The minimum atomic E-state index is -4.97. The first-order valence-corrected chi connectivity index (χ1v) is 42.8. The van der Waals surface area contributed by atoms with Crippen LogP contribution in [0.4, 0.5) is 0 Å². The average Bonchev–Trinajstić information content (AvgIpc) is 1.49. The van der Waals surface area contributed by atoms with Crippen LogP contribution in [0.2, 0.25) is 0 Å². The van der Waals surface area contributed by atoms with Crippen LogP contribution in [0.1, 0.15) is 369 Å². The first kappa shape index (κ1) is 95.0. The van der Waals surface area contributed by atoms with E-state index in [9.17, 15) is 43.2 Å². The van der Waals surface area contributed by atoms with Crippen LogP contribution >= 0.6 is 15.6 Å². The van der Waals surface area contributed by atoms with Gasteiger partial charge >= 0.3 is 39.5 Å². The molecule has 0 saturated carbocycles. The van der Waals surface area contributed by atoms with Crippen molar-refractivity contribution in [1.82, 2.24) is 0 Å². The molecule has 0 aliphatic rings. The highest BCUT2D eigenvalue weighted by Crippen LogP contribution is 2.45. The third-order valence-corrected chi connectivity index (χ3v) is 19.2. The van der Waals surface area contributed by atoms with Crippen molar-refractivity contribution in [3.8, 4) is 0 Å². The van der Waals surface area contributed by atoms with Gasteiger partial charge in [0.1, 0.15) is 19.3 Å². The van der Waals surface area contributed by atoms with Gasteiger partial charge in [0, 0.05) is 25.7 Å². The number of aliphatic hydroxyl groups excluding tert-OH is 1. The van der Waals surface area contributed by atoms with Crippen molar-refractivity contribution in [3.05, 3.63) is 48.6 Å². The molecule has 0 saturated heterocycles. The lowest BCUT2D eigenvalue weighted by molar-refractivity contribution is -0.161. The number of phosphoric ester groups is 2. The van der Waals surface area contributed by atoms with Crippen LogP contribution < -0.4 is 0 Å². The number of unbranched alkanes of at least 4 members (excludes halogenated alkanes) is 41. The zero-order valence-electron chi connectivity index (χ0n) is 62.9. The number of carbonyl (C=O) groups is 4. The molecule has 5 atom stereocenters. The zero-order chi connectivity index (χ0) is 71.9. The first-order valence-electron chi connectivity index (χ1n) is 39.8. The highest BCUT2D eigenvalue weighted by molar-refractivity contribution is 7.47. The predicted octanol–water partition coefficient (Wildman–Crippen LogP) is 22.8. The van der Waals surface area contributed by atoms with E-state index in [-0.39, 0.29) is 25.7 Å². The minimum Gasteiger partial charge on any atom is -0.462 e. The van der Waals surface area contributed by atoms with Crippen LogP contribution in [0.15, 0.2) is 48.6 Å². The van der Waals surface area contributed by atoms with Gasteiger partial charge in [0.15, 0.2) is 12.2 Å². The number of hydrogen-bond acceptors (Lipinski definition) is 15. The molecule has 98 heavy (non-hydrogen) atoms. The number of carbonyl (C=O) groups excluding carboxylic acids is 4. The van der Waals surface area contributed by atoms with E-state index >= 15 is 0 Å². The summed E-state index contributed by atoms with van der Waals surface area (Å²) in [5.74, 6) is -1.50. The van der Waals surface area contributed by atoms with Crippen molar-refractivity contribution in [2.45, 2.75) is 387 Å². The van der Waals surface area contributed by atoms with Crippen LogP contribution in [-0.4, -0.2) is 96.7 Å². The fourth-order valence-corrected chi connectivity index (χ4v) is 12.7. The number of ether oxygens (including phenoxy) is 4. The van der Waals surface area contributed by atoms with Crippen molar-refractivity contribution >= 4 is 39.5 Å². The summed E-state index contributed by atoms with van der Waals surface area (Å²) in [5.41, 5.74) is 0. The summed E-state index contributed by atoms with van der Waals surface area (Å²) in [6, 6.07) is 0. The fourth-order valence-electron chi connectivity index (χ4n) is 11.2. The molecule has 17 nitrogen and oxygen atoms in total. The van der Waals surface area contributed by atoms with Gasteiger partial charge < -0.3 is 33.8 Å². The second kappa shape index (κ2) is 71.0. The first-order chi connectivity index (χ1) is 47.5. The molecule has 0 bridgehead atoms. The third kappa shape index (κ3) is 71.4. The summed E-state index contributed by atoms with van der Waals surface area (Å²) in [6.45, 7) is 7.09. The monoisotopic (exact) mass is 1430 g/mol. The molecule has 0 radical (unpaired) electrons. The van der Waals surface area contributed by atoms with Gasteiger partial charge in [-0.25, -0.2) is 9.13 Å². The van der Waals surface area contributed by atoms with Gasteiger partial charge in [-0.3, -0.25) is 37.3 Å². The molecule has 574 valence electrons. The van der Waals surface area contributed by atoms with E-state index in [1.54, 1.807) is 0 Å². The second-order valence-corrected chi connectivity index (χ2v) is 30.5. The van der Waals surface area contributed by atoms with Crippen LogP contribution in [-0.2, 0) is 65.4 Å². The van der Waals surface area contributed by atoms with E-state index in [4.69, 9.17) is 37.0 Å². The second-order valence-electron chi connectivity index (χ2n) is 27.6. The van der Waals surface area contributed by atoms with Crippen LogP contribution in [0, 0.1) is 5.92 Å². The smallest absolute Gasteiger partial charge is 0.462 e. The van der Waals surface area contributed by atoms with Crippen molar-refractivity contribution in [2.24, 2.45) is 5.92 Å². The minimum absolute atomic E-state index is 0.0819. The molecule has 0 amide bonds. The lowest BCUT2D eigenvalue weighted by atomic mass is 10.0. The Hall–Kier alpha value is -2.98. The Labute approximate surface area is 597 Å². The van der Waals surface area contributed by atoms with E-state index in [1.807, 2.05) is 0 Å². The summed E-state index contributed by atoms with van der Waals surface area (Å²) in [4.78, 5) is 72.8. The summed E-state index contributed by atoms with van der Waals surface area (Å²) in [6.07, 6.45) is 67.0. The van der Waals surface area contributed by atoms with E-state index in [0.717, 1.165) is 128 Å². The summed E-state index contributed by atoms with van der Waals surface area (Å²) < 4.78 is 68.5. The average molecular weight is 1430 g/mol. The van der Waals surface area contributed by atoms with Gasteiger partial charge in [0.25, 0.3) is 0 Å². The normalized spacial score (nSPS) is 14.2. The van der Waals surface area contributed by atoms with Gasteiger partial charge in [-0.05, 0) is 83.0 Å². The number of phosphoric acid groups is 2. The largest absolute Gasteiger partial charge is 0.472 e. The van der Waals surface area contributed by atoms with Crippen molar-refractivity contribution in [1.29, 1.82) is 0 Å². The SMILES string of the molecule is CCCCCC/C=C\C=C/CCCCCCCC(=O)OC[C@H](COP(=O)(O)OC[C@@H](O)COP(=O)(O)OC[C@@H](COC(=O)CCCCCCCCC(C)C)OC(=O)CCCCCCC/C=C\C=C/CCCCCC)OC(=O)CCCCCCCCCCCCCCCCCCCCC. The maximum atomic E-state index is 13.1. The Morgan fingerprint density at radius 2 is 0.551 bits per heavy atom. The third-order valence-electron chi connectivity index (χ3n) is 17.3. The standard InChI is InChI=1S/C79H146O17P2/c1-6-9-12-15-18-21-24-27-30-31-32-33-36-39-42-45-48-55-60-64-78(83)95-74(68-89-76(81)62-57-52-46-43-40-37-34-28-25-22-19-16-13-10-7-2)70-93-97(85,86)91-66-73(80)67-92-98(87,88)94-71-75(69-90-77(82)63-58-53-50-49-51-56-61-72(4)5)96-79(84)65-59-54-47-44-41-38-35-29-26-23-20-17-14-11-8-3/h22-23,25-26,28-29,34-35,72-75,80H,6-21,24,27,30-33,36-71H2,1-5H3,(H,85,86)(H,87,88)/b25-22-,26-23-,34-28-,35-29-/t73-,74-,75-/m1/s1. The maximum absolute atomic E-state index is 13.1. The Balaban J connectivity index is 5.29.